The van der Waals surface area contributed by atoms with Crippen LogP contribution in [0.4, 0.5) is 0 Å². The molecule has 0 aliphatic heterocycles. The second-order valence-electron chi connectivity index (χ2n) is 6.67. The van der Waals surface area contributed by atoms with Crippen LogP contribution in [0, 0.1) is 0 Å². The van der Waals surface area contributed by atoms with Crippen LogP contribution in [0.5, 0.6) is 11.5 Å². The molecule has 0 atom stereocenters. The Hall–Kier alpha value is -3.93. The molecule has 4 aromatic rings. The number of rotatable bonds is 6. The van der Waals surface area contributed by atoms with Gasteiger partial charge < -0.3 is 14.8 Å². The summed E-state index contributed by atoms with van der Waals surface area (Å²) in [7, 11) is 3.21. The lowest BCUT2D eigenvalue weighted by molar-refractivity contribution is 0.0952. The van der Waals surface area contributed by atoms with Crippen LogP contribution in [-0.2, 0) is 6.54 Å². The van der Waals surface area contributed by atoms with Gasteiger partial charge in [-0.1, -0.05) is 18.2 Å². The van der Waals surface area contributed by atoms with Gasteiger partial charge in [0.25, 0.3) is 5.91 Å². The Labute approximate surface area is 174 Å². The van der Waals surface area contributed by atoms with E-state index < -0.39 is 0 Å². The summed E-state index contributed by atoms with van der Waals surface area (Å²) in [6.07, 6.45) is 3.42. The second-order valence-corrected chi connectivity index (χ2v) is 6.67. The molecule has 0 bridgehead atoms. The van der Waals surface area contributed by atoms with Gasteiger partial charge in [-0.3, -0.25) is 9.78 Å². The number of aromatic nitrogens is 2. The lowest BCUT2D eigenvalue weighted by Gasteiger charge is -2.13. The quantitative estimate of drug-likeness (QED) is 0.525. The predicted octanol–water partition coefficient (Wildman–Crippen LogP) is 4.24. The van der Waals surface area contributed by atoms with Crippen LogP contribution in [0.3, 0.4) is 0 Å². The van der Waals surface area contributed by atoms with Crippen LogP contribution in [0.2, 0.25) is 0 Å². The fraction of sp³-hybridized carbons (Fsp3) is 0.125. The zero-order chi connectivity index (χ0) is 20.9. The third-order valence-electron chi connectivity index (χ3n) is 4.86. The van der Waals surface area contributed by atoms with Crippen molar-refractivity contribution in [1.82, 2.24) is 15.3 Å². The largest absolute Gasteiger partial charge is 0.497 e. The van der Waals surface area contributed by atoms with E-state index >= 15 is 0 Å². The van der Waals surface area contributed by atoms with E-state index in [0.717, 1.165) is 27.7 Å². The number of carbonyl (C=O) groups excluding carboxylic acids is 1. The highest BCUT2D eigenvalue weighted by Gasteiger charge is 2.15. The molecular weight excluding hydrogens is 378 g/mol. The van der Waals surface area contributed by atoms with Crippen LogP contribution < -0.4 is 14.8 Å². The minimum absolute atomic E-state index is 0.186. The predicted molar refractivity (Wildman–Crippen MR) is 116 cm³/mol. The molecule has 2 aromatic carbocycles. The molecule has 1 amide bonds. The summed E-state index contributed by atoms with van der Waals surface area (Å²) in [6.45, 7) is 0.306. The van der Waals surface area contributed by atoms with Gasteiger partial charge >= 0.3 is 0 Å². The van der Waals surface area contributed by atoms with Gasteiger partial charge in [0, 0.05) is 35.5 Å². The Morgan fingerprint density at radius 3 is 2.53 bits per heavy atom. The topological polar surface area (TPSA) is 73.3 Å². The zero-order valence-electron chi connectivity index (χ0n) is 16.8. The first-order valence-corrected chi connectivity index (χ1v) is 9.49. The molecule has 0 saturated heterocycles. The fourth-order valence-corrected chi connectivity index (χ4v) is 3.32. The third kappa shape index (κ3) is 3.93. The van der Waals surface area contributed by atoms with Crippen LogP contribution in [0.25, 0.3) is 22.2 Å². The average molecular weight is 399 g/mol. The van der Waals surface area contributed by atoms with Gasteiger partial charge in [-0.25, -0.2) is 4.98 Å². The number of nitrogens with zero attached hydrogens (tertiary/aromatic N) is 2. The molecule has 2 heterocycles. The Bertz CT molecular complexity index is 1190. The van der Waals surface area contributed by atoms with E-state index in [4.69, 9.17) is 14.5 Å². The first-order chi connectivity index (χ1) is 14.7. The van der Waals surface area contributed by atoms with Crippen molar-refractivity contribution in [3.8, 4) is 22.8 Å². The summed E-state index contributed by atoms with van der Waals surface area (Å²) < 4.78 is 10.7. The normalized spacial score (nSPS) is 10.6. The minimum Gasteiger partial charge on any atom is -0.497 e. The summed E-state index contributed by atoms with van der Waals surface area (Å²) in [5.41, 5.74) is 3.78. The van der Waals surface area contributed by atoms with Crippen molar-refractivity contribution in [3.05, 3.63) is 84.2 Å². The van der Waals surface area contributed by atoms with Crippen molar-refractivity contribution in [2.24, 2.45) is 0 Å². The lowest BCUT2D eigenvalue weighted by atomic mass is 10.0. The van der Waals surface area contributed by atoms with Crippen molar-refractivity contribution in [1.29, 1.82) is 0 Å². The molecule has 0 spiro atoms. The summed E-state index contributed by atoms with van der Waals surface area (Å²) in [5, 5.41) is 3.79. The maximum Gasteiger partial charge on any atom is 0.252 e. The SMILES string of the molecule is COc1ccc(OC)c(CNC(=O)c2cc(-c3ccncc3)nc3ccccc23)c1. The standard InChI is InChI=1S/C24H21N3O3/c1-29-18-7-8-23(30-2)17(13-18)15-26-24(28)20-14-22(16-9-11-25-12-10-16)27-21-6-4-3-5-19(20)21/h3-14H,15H2,1-2H3,(H,26,28). The number of pyridine rings is 2. The smallest absolute Gasteiger partial charge is 0.252 e. The van der Waals surface area contributed by atoms with Gasteiger partial charge in [-0.2, -0.15) is 0 Å². The van der Waals surface area contributed by atoms with Crippen LogP contribution >= 0.6 is 0 Å². The molecule has 2 aromatic heterocycles. The van der Waals surface area contributed by atoms with Crippen molar-refractivity contribution < 1.29 is 14.3 Å². The van der Waals surface area contributed by atoms with E-state index in [1.807, 2.05) is 60.7 Å². The average Bonchev–Trinajstić information content (AvgIpc) is 2.82. The highest BCUT2D eigenvalue weighted by atomic mass is 16.5. The molecule has 4 rings (SSSR count). The first kappa shape index (κ1) is 19.4. The van der Waals surface area contributed by atoms with Crippen LogP contribution in [0.15, 0.2) is 73.1 Å². The molecule has 150 valence electrons. The number of ether oxygens (including phenoxy) is 2. The number of fused-ring (bicyclic) bond motifs is 1. The molecule has 0 aliphatic rings. The number of carbonyl (C=O) groups is 1. The number of para-hydroxylation sites is 1. The third-order valence-corrected chi connectivity index (χ3v) is 4.86. The van der Waals surface area contributed by atoms with Gasteiger partial charge in [0.05, 0.1) is 31.0 Å². The van der Waals surface area contributed by atoms with Crippen molar-refractivity contribution >= 4 is 16.8 Å². The summed E-state index contributed by atoms with van der Waals surface area (Å²) in [4.78, 5) is 21.9. The van der Waals surface area contributed by atoms with E-state index in [0.29, 0.717) is 23.6 Å². The first-order valence-electron chi connectivity index (χ1n) is 9.49. The van der Waals surface area contributed by atoms with E-state index in [-0.39, 0.29) is 5.91 Å². The molecular formula is C24H21N3O3. The number of hydrogen-bond acceptors (Lipinski definition) is 5. The molecule has 30 heavy (non-hydrogen) atoms. The summed E-state index contributed by atoms with van der Waals surface area (Å²) in [5.74, 6) is 1.20. The molecule has 1 N–H and O–H groups in total. The molecule has 0 unspecified atom stereocenters. The van der Waals surface area contributed by atoms with Crippen molar-refractivity contribution in [2.45, 2.75) is 6.54 Å². The molecule has 0 aliphatic carbocycles. The van der Waals surface area contributed by atoms with Gasteiger partial charge in [-0.15, -0.1) is 0 Å². The molecule has 0 radical (unpaired) electrons. The second kappa shape index (κ2) is 8.61. The monoisotopic (exact) mass is 399 g/mol. The van der Waals surface area contributed by atoms with E-state index in [9.17, 15) is 4.79 Å². The molecule has 0 saturated carbocycles. The van der Waals surface area contributed by atoms with Crippen molar-refractivity contribution in [3.63, 3.8) is 0 Å². The maximum absolute atomic E-state index is 13.1. The minimum atomic E-state index is -0.186. The summed E-state index contributed by atoms with van der Waals surface area (Å²) >= 11 is 0. The number of nitrogens with one attached hydrogen (secondary N) is 1. The van der Waals surface area contributed by atoms with Crippen molar-refractivity contribution in [2.75, 3.05) is 14.2 Å². The number of hydrogen-bond donors (Lipinski definition) is 1. The van der Waals surface area contributed by atoms with Crippen LogP contribution in [0.1, 0.15) is 15.9 Å². The molecule has 6 nitrogen and oxygen atoms in total. The van der Waals surface area contributed by atoms with Crippen LogP contribution in [-0.4, -0.2) is 30.1 Å². The lowest BCUT2D eigenvalue weighted by Crippen LogP contribution is -2.23. The highest BCUT2D eigenvalue weighted by Crippen LogP contribution is 2.26. The Morgan fingerprint density at radius 1 is 0.967 bits per heavy atom. The van der Waals surface area contributed by atoms with Gasteiger partial charge in [-0.05, 0) is 42.5 Å². The van der Waals surface area contributed by atoms with E-state index in [2.05, 4.69) is 10.3 Å². The fourth-order valence-electron chi connectivity index (χ4n) is 3.32. The van der Waals surface area contributed by atoms with Gasteiger partial charge in [0.1, 0.15) is 11.5 Å². The zero-order valence-corrected chi connectivity index (χ0v) is 16.8. The van der Waals surface area contributed by atoms with E-state index in [1.165, 1.54) is 0 Å². The van der Waals surface area contributed by atoms with Gasteiger partial charge in [0.15, 0.2) is 0 Å². The Balaban J connectivity index is 1.68. The number of amides is 1. The highest BCUT2D eigenvalue weighted by molar-refractivity contribution is 6.07. The van der Waals surface area contributed by atoms with E-state index in [1.54, 1.807) is 26.6 Å². The number of benzene rings is 2. The molecule has 0 fully saturated rings. The Morgan fingerprint density at radius 2 is 1.77 bits per heavy atom. The number of methoxy groups -OCH3 is 2. The maximum atomic E-state index is 13.1. The Kier molecular flexibility index (Phi) is 5.57. The molecule has 6 heteroatoms. The summed E-state index contributed by atoms with van der Waals surface area (Å²) in [6, 6.07) is 18.7. The van der Waals surface area contributed by atoms with Gasteiger partial charge in [0.2, 0.25) is 0 Å².